The molecule has 3 aromatic rings. The van der Waals surface area contributed by atoms with Crippen LogP contribution in [-0.4, -0.2) is 15.2 Å². The van der Waals surface area contributed by atoms with Gasteiger partial charge in [-0.1, -0.05) is 35.9 Å². The fourth-order valence-electron chi connectivity index (χ4n) is 2.03. The molecule has 1 aromatic heterocycles. The predicted molar refractivity (Wildman–Crippen MR) is 75.5 cm³/mol. The molecule has 0 spiro atoms. The van der Waals surface area contributed by atoms with Crippen molar-refractivity contribution in [1.29, 1.82) is 0 Å². The van der Waals surface area contributed by atoms with Gasteiger partial charge in [0, 0.05) is 16.3 Å². The number of rotatable bonds is 1. The van der Waals surface area contributed by atoms with Crippen molar-refractivity contribution < 1.29 is 10.2 Å². The number of phenolic OH excluding ortho intramolecular Hbond substituents is 1. The van der Waals surface area contributed by atoms with Gasteiger partial charge in [-0.2, -0.15) is 0 Å². The summed E-state index contributed by atoms with van der Waals surface area (Å²) in [7, 11) is 0. The summed E-state index contributed by atoms with van der Waals surface area (Å²) >= 11 is 6.14. The maximum Gasteiger partial charge on any atom is 0.149 e. The zero-order chi connectivity index (χ0) is 13.4. The molecule has 1 heterocycles. The Morgan fingerprint density at radius 1 is 0.842 bits per heavy atom. The lowest BCUT2D eigenvalue weighted by Crippen LogP contribution is -1.88. The summed E-state index contributed by atoms with van der Waals surface area (Å²) in [6.07, 6.45) is 0. The van der Waals surface area contributed by atoms with Gasteiger partial charge in [0.2, 0.25) is 0 Å². The van der Waals surface area contributed by atoms with Gasteiger partial charge in [-0.15, -0.1) is 0 Å². The largest absolute Gasteiger partial charge is 0.508 e. The minimum absolute atomic E-state index is 0.0886. The number of aromatic nitrogens is 1. The minimum Gasteiger partial charge on any atom is -0.508 e. The van der Waals surface area contributed by atoms with Crippen LogP contribution in [-0.2, 0) is 0 Å². The highest BCUT2D eigenvalue weighted by Gasteiger charge is 2.13. The Morgan fingerprint density at radius 2 is 1.47 bits per heavy atom. The summed E-state index contributed by atoms with van der Waals surface area (Å²) in [5.41, 5.74) is 1.10. The lowest BCUT2D eigenvalue weighted by Gasteiger charge is -2.09. The second-order valence-corrected chi connectivity index (χ2v) is 4.55. The minimum atomic E-state index is 0.0886. The maximum absolute atomic E-state index is 10.3. The van der Waals surface area contributed by atoms with Crippen LogP contribution in [0.25, 0.3) is 22.0 Å². The third kappa shape index (κ3) is 1.98. The highest BCUT2D eigenvalue weighted by molar-refractivity contribution is 6.34. The lowest BCUT2D eigenvalue weighted by atomic mass is 10.1. The van der Waals surface area contributed by atoms with Crippen molar-refractivity contribution >= 4 is 22.4 Å². The summed E-state index contributed by atoms with van der Waals surface area (Å²) < 4.78 is 0. The average Bonchev–Trinajstić information content (AvgIpc) is 2.44. The molecule has 2 N–H and O–H groups in total. The second-order valence-electron chi connectivity index (χ2n) is 4.19. The van der Waals surface area contributed by atoms with Crippen LogP contribution in [0.15, 0.2) is 48.5 Å². The smallest absolute Gasteiger partial charge is 0.149 e. The normalized spacial score (nSPS) is 10.8. The van der Waals surface area contributed by atoms with Gasteiger partial charge in [-0.05, 0) is 24.3 Å². The van der Waals surface area contributed by atoms with Gasteiger partial charge in [0.05, 0.1) is 0 Å². The molecule has 0 saturated carbocycles. The number of halogens is 1. The van der Waals surface area contributed by atoms with Crippen molar-refractivity contribution in [2.45, 2.75) is 0 Å². The van der Waals surface area contributed by atoms with Crippen LogP contribution in [0.2, 0.25) is 5.15 Å². The molecule has 0 aliphatic heterocycles. The van der Waals surface area contributed by atoms with E-state index in [0.29, 0.717) is 27.2 Å². The number of hydrogen-bond donors (Lipinski definition) is 2. The first-order valence-electron chi connectivity index (χ1n) is 5.73. The topological polar surface area (TPSA) is 53.4 Å². The monoisotopic (exact) mass is 271 g/mol. The number of pyridine rings is 1. The number of fused-ring (bicyclic) bond motifs is 1. The van der Waals surface area contributed by atoms with E-state index >= 15 is 0 Å². The molecular weight excluding hydrogens is 262 g/mol. The molecule has 0 radical (unpaired) electrons. The summed E-state index contributed by atoms with van der Waals surface area (Å²) in [4.78, 5) is 4.23. The van der Waals surface area contributed by atoms with Crippen LogP contribution in [0.3, 0.4) is 0 Å². The van der Waals surface area contributed by atoms with Gasteiger partial charge in [0.1, 0.15) is 22.3 Å². The number of aromatic hydroxyl groups is 2. The van der Waals surface area contributed by atoms with Crippen LogP contribution in [0, 0.1) is 0 Å². The Labute approximate surface area is 114 Å². The zero-order valence-electron chi connectivity index (χ0n) is 9.84. The van der Waals surface area contributed by atoms with Crippen molar-refractivity contribution in [3.8, 4) is 22.8 Å². The van der Waals surface area contributed by atoms with E-state index in [1.54, 1.807) is 30.3 Å². The molecule has 0 fully saturated rings. The number of hydrogen-bond acceptors (Lipinski definition) is 3. The number of phenols is 1. The molecule has 0 atom stereocenters. The SMILES string of the molecule is Oc1ccc(-c2nc(Cl)c3ccccc3c2O)cc1. The van der Waals surface area contributed by atoms with Gasteiger partial charge in [-0.3, -0.25) is 0 Å². The first kappa shape index (κ1) is 11.8. The van der Waals surface area contributed by atoms with Crippen LogP contribution in [0.5, 0.6) is 11.5 Å². The standard InChI is InChI=1S/C15H10ClNO2/c16-15-12-4-2-1-3-11(12)14(19)13(17-15)9-5-7-10(18)8-6-9/h1-8,18-19H. The molecule has 0 amide bonds. The number of nitrogens with zero attached hydrogens (tertiary/aromatic N) is 1. The van der Waals surface area contributed by atoms with Gasteiger partial charge in [0.15, 0.2) is 0 Å². The molecule has 0 unspecified atom stereocenters. The van der Waals surface area contributed by atoms with Gasteiger partial charge in [0.25, 0.3) is 0 Å². The van der Waals surface area contributed by atoms with Crippen LogP contribution >= 0.6 is 11.6 Å². The van der Waals surface area contributed by atoms with Crippen molar-refractivity contribution in [3.63, 3.8) is 0 Å². The highest BCUT2D eigenvalue weighted by Crippen LogP contribution is 2.37. The van der Waals surface area contributed by atoms with Crippen molar-refractivity contribution in [2.75, 3.05) is 0 Å². The van der Waals surface area contributed by atoms with Crippen LogP contribution in [0.4, 0.5) is 0 Å². The molecule has 0 bridgehead atoms. The quantitative estimate of drug-likeness (QED) is 0.659. The fourth-order valence-corrected chi connectivity index (χ4v) is 2.28. The molecule has 4 heteroatoms. The Balaban J connectivity index is 2.30. The maximum atomic E-state index is 10.3. The van der Waals surface area contributed by atoms with Crippen molar-refractivity contribution in [2.24, 2.45) is 0 Å². The molecule has 94 valence electrons. The van der Waals surface area contributed by atoms with Crippen LogP contribution < -0.4 is 0 Å². The molecule has 3 nitrogen and oxygen atoms in total. The molecule has 3 rings (SSSR count). The summed E-state index contributed by atoms with van der Waals surface area (Å²) in [6.45, 7) is 0. The van der Waals surface area contributed by atoms with E-state index in [9.17, 15) is 10.2 Å². The van der Waals surface area contributed by atoms with Gasteiger partial charge < -0.3 is 10.2 Å². The summed E-state index contributed by atoms with van der Waals surface area (Å²) in [6, 6.07) is 13.7. The third-order valence-electron chi connectivity index (χ3n) is 2.98. The number of benzene rings is 2. The zero-order valence-corrected chi connectivity index (χ0v) is 10.6. The first-order valence-corrected chi connectivity index (χ1v) is 6.11. The van der Waals surface area contributed by atoms with E-state index in [-0.39, 0.29) is 11.5 Å². The Morgan fingerprint density at radius 3 is 2.16 bits per heavy atom. The molecular formula is C15H10ClNO2. The Kier molecular flexibility index (Phi) is 2.76. The fraction of sp³-hybridized carbons (Fsp3) is 0. The van der Waals surface area contributed by atoms with Gasteiger partial charge in [-0.25, -0.2) is 4.98 Å². The molecule has 0 aliphatic rings. The van der Waals surface area contributed by atoms with Gasteiger partial charge >= 0.3 is 0 Å². The predicted octanol–water partition coefficient (Wildman–Crippen LogP) is 3.97. The first-order chi connectivity index (χ1) is 9.16. The third-order valence-corrected chi connectivity index (χ3v) is 3.27. The van der Waals surface area contributed by atoms with Crippen molar-refractivity contribution in [3.05, 3.63) is 53.7 Å². The summed E-state index contributed by atoms with van der Waals surface area (Å²) in [5.74, 6) is 0.251. The molecule has 2 aromatic carbocycles. The van der Waals surface area contributed by atoms with E-state index < -0.39 is 0 Å². The van der Waals surface area contributed by atoms with E-state index in [1.165, 1.54) is 0 Å². The lowest BCUT2D eigenvalue weighted by molar-refractivity contribution is 0.475. The Bertz CT molecular complexity index is 754. The average molecular weight is 272 g/mol. The molecule has 0 aliphatic carbocycles. The van der Waals surface area contributed by atoms with E-state index in [4.69, 9.17) is 11.6 Å². The van der Waals surface area contributed by atoms with Crippen LogP contribution in [0.1, 0.15) is 0 Å². The van der Waals surface area contributed by atoms with Crippen molar-refractivity contribution in [1.82, 2.24) is 4.98 Å². The van der Waals surface area contributed by atoms with E-state index in [1.807, 2.05) is 18.2 Å². The highest BCUT2D eigenvalue weighted by atomic mass is 35.5. The van der Waals surface area contributed by atoms with E-state index in [0.717, 1.165) is 0 Å². The second kappa shape index (κ2) is 4.44. The summed E-state index contributed by atoms with van der Waals surface area (Å²) in [5, 5.41) is 21.3. The molecule has 19 heavy (non-hydrogen) atoms. The Hall–Kier alpha value is -2.26. The van der Waals surface area contributed by atoms with E-state index in [2.05, 4.69) is 4.98 Å². The molecule has 0 saturated heterocycles.